The van der Waals surface area contributed by atoms with Gasteiger partial charge in [0.15, 0.2) is 11.5 Å². The molecule has 1 N–H and O–H groups in total. The van der Waals surface area contributed by atoms with E-state index in [1.54, 1.807) is 26.2 Å². The van der Waals surface area contributed by atoms with Crippen molar-refractivity contribution < 1.29 is 19.1 Å². The van der Waals surface area contributed by atoms with Crippen LogP contribution in [0.5, 0.6) is 11.5 Å². The van der Waals surface area contributed by atoms with Crippen molar-refractivity contribution in [2.75, 3.05) is 21.3 Å². The van der Waals surface area contributed by atoms with Crippen LogP contribution in [0.15, 0.2) is 77.3 Å². The third kappa shape index (κ3) is 7.33. The van der Waals surface area contributed by atoms with Crippen molar-refractivity contribution in [3.05, 3.63) is 94.0 Å². The maximum atomic E-state index is 13.6. The van der Waals surface area contributed by atoms with E-state index < -0.39 is 6.04 Å². The number of benzene rings is 3. The fraction of sp³-hybridized carbons (Fsp3) is 0.286. The van der Waals surface area contributed by atoms with Gasteiger partial charge in [0, 0.05) is 30.9 Å². The average Bonchev–Trinajstić information content (AvgIpc) is 2.90. The second-order valence-corrected chi connectivity index (χ2v) is 9.07. The van der Waals surface area contributed by atoms with Crippen LogP contribution in [0.2, 0.25) is 0 Å². The highest BCUT2D eigenvalue weighted by Gasteiger charge is 2.29. The second kappa shape index (κ2) is 13.0. The number of nitrogens with zero attached hydrogens (tertiary/aromatic N) is 1. The molecule has 0 aromatic heterocycles. The van der Waals surface area contributed by atoms with Crippen LogP contribution in [0, 0.1) is 0 Å². The number of hydrogen-bond acceptors (Lipinski definition) is 4. The number of amides is 2. The number of ether oxygens (including phenoxy) is 2. The zero-order valence-electron chi connectivity index (χ0n) is 20.3. The highest BCUT2D eigenvalue weighted by atomic mass is 79.9. The van der Waals surface area contributed by atoms with Crippen molar-refractivity contribution in [2.24, 2.45) is 0 Å². The van der Waals surface area contributed by atoms with Crippen LogP contribution in [0.3, 0.4) is 0 Å². The van der Waals surface area contributed by atoms with Crippen LogP contribution in [0.4, 0.5) is 0 Å². The van der Waals surface area contributed by atoms with Crippen molar-refractivity contribution in [3.63, 3.8) is 0 Å². The predicted molar refractivity (Wildman–Crippen MR) is 141 cm³/mol. The summed E-state index contributed by atoms with van der Waals surface area (Å²) in [7, 11) is 4.78. The Bertz CT molecular complexity index is 1120. The molecule has 184 valence electrons. The molecule has 0 aliphatic heterocycles. The standard InChI is InChI=1S/C28H31BrN2O4/c1-30-28(33)24(17-20-7-5-4-6-8-20)31(19-22-9-13-23(29)14-10-22)27(32)16-12-21-11-15-25(34-2)26(18-21)35-3/h4-11,13-15,18,24H,12,16-17,19H2,1-3H3,(H,30,33). The van der Waals surface area contributed by atoms with E-state index in [0.29, 0.717) is 30.9 Å². The van der Waals surface area contributed by atoms with E-state index in [1.165, 1.54) is 0 Å². The lowest BCUT2D eigenvalue weighted by molar-refractivity contribution is -0.141. The lowest BCUT2D eigenvalue weighted by Crippen LogP contribution is -2.49. The number of hydrogen-bond donors (Lipinski definition) is 1. The van der Waals surface area contributed by atoms with Gasteiger partial charge < -0.3 is 19.7 Å². The molecular formula is C28H31BrN2O4. The summed E-state index contributed by atoms with van der Waals surface area (Å²) >= 11 is 3.46. The van der Waals surface area contributed by atoms with E-state index in [4.69, 9.17) is 9.47 Å². The van der Waals surface area contributed by atoms with Crippen LogP contribution in [-0.4, -0.2) is 44.0 Å². The molecule has 1 unspecified atom stereocenters. The molecule has 2 amide bonds. The number of aryl methyl sites for hydroxylation is 1. The van der Waals surface area contributed by atoms with E-state index >= 15 is 0 Å². The van der Waals surface area contributed by atoms with Crippen LogP contribution < -0.4 is 14.8 Å². The molecular weight excluding hydrogens is 508 g/mol. The summed E-state index contributed by atoms with van der Waals surface area (Å²) in [5.41, 5.74) is 2.91. The molecule has 0 saturated carbocycles. The molecule has 0 heterocycles. The molecule has 3 aromatic carbocycles. The molecule has 0 saturated heterocycles. The number of likely N-dealkylation sites (N-methyl/N-ethyl adjacent to an activating group) is 1. The Hall–Kier alpha value is -3.32. The van der Waals surface area contributed by atoms with Crippen molar-refractivity contribution in [1.82, 2.24) is 10.2 Å². The van der Waals surface area contributed by atoms with Gasteiger partial charge in [-0.1, -0.05) is 64.5 Å². The summed E-state index contributed by atoms with van der Waals surface area (Å²) in [6, 6.07) is 22.6. The maximum absolute atomic E-state index is 13.6. The van der Waals surface area contributed by atoms with Gasteiger partial charge in [0.25, 0.3) is 0 Å². The van der Waals surface area contributed by atoms with E-state index in [9.17, 15) is 9.59 Å². The Morgan fingerprint density at radius 1 is 0.886 bits per heavy atom. The minimum absolute atomic E-state index is 0.0905. The van der Waals surface area contributed by atoms with Crippen molar-refractivity contribution in [3.8, 4) is 11.5 Å². The summed E-state index contributed by atoms with van der Waals surface area (Å²) in [4.78, 5) is 28.3. The molecule has 3 rings (SSSR count). The summed E-state index contributed by atoms with van der Waals surface area (Å²) < 4.78 is 11.7. The summed E-state index contributed by atoms with van der Waals surface area (Å²) in [6.45, 7) is 0.336. The number of rotatable bonds is 11. The van der Waals surface area contributed by atoms with Gasteiger partial charge in [-0.2, -0.15) is 0 Å². The number of carbonyl (C=O) groups is 2. The highest BCUT2D eigenvalue weighted by molar-refractivity contribution is 9.10. The summed E-state index contributed by atoms with van der Waals surface area (Å²) in [5.74, 6) is 0.983. The third-order valence-electron chi connectivity index (χ3n) is 5.86. The van der Waals surface area contributed by atoms with Crippen LogP contribution in [0.1, 0.15) is 23.1 Å². The first-order valence-corrected chi connectivity index (χ1v) is 12.2. The minimum Gasteiger partial charge on any atom is -0.493 e. The van der Waals surface area contributed by atoms with E-state index in [-0.39, 0.29) is 18.2 Å². The molecule has 0 aliphatic rings. The molecule has 6 nitrogen and oxygen atoms in total. The number of halogens is 1. The van der Waals surface area contributed by atoms with E-state index in [0.717, 1.165) is 21.2 Å². The fourth-order valence-corrected chi connectivity index (χ4v) is 4.20. The maximum Gasteiger partial charge on any atom is 0.242 e. The topological polar surface area (TPSA) is 67.9 Å². The molecule has 7 heteroatoms. The van der Waals surface area contributed by atoms with Gasteiger partial charge in [0.2, 0.25) is 11.8 Å². The summed E-state index contributed by atoms with van der Waals surface area (Å²) in [6.07, 6.45) is 1.20. The van der Waals surface area contributed by atoms with E-state index in [2.05, 4.69) is 21.2 Å². The summed E-state index contributed by atoms with van der Waals surface area (Å²) in [5, 5.41) is 2.75. The molecule has 1 atom stereocenters. The van der Waals surface area contributed by atoms with Crippen molar-refractivity contribution in [1.29, 1.82) is 0 Å². The first-order chi connectivity index (χ1) is 16.9. The minimum atomic E-state index is -0.635. The quantitative estimate of drug-likeness (QED) is 0.381. The molecule has 0 aliphatic carbocycles. The second-order valence-electron chi connectivity index (χ2n) is 8.16. The number of methoxy groups -OCH3 is 2. The average molecular weight is 539 g/mol. The highest BCUT2D eigenvalue weighted by Crippen LogP contribution is 2.28. The first-order valence-electron chi connectivity index (χ1n) is 11.5. The van der Waals surface area contributed by atoms with Gasteiger partial charge in [0.1, 0.15) is 6.04 Å². The smallest absolute Gasteiger partial charge is 0.242 e. The Kier molecular flexibility index (Phi) is 9.73. The third-order valence-corrected chi connectivity index (χ3v) is 6.39. The van der Waals surface area contributed by atoms with Crippen molar-refractivity contribution in [2.45, 2.75) is 31.8 Å². The molecule has 0 radical (unpaired) electrons. The Morgan fingerprint density at radius 3 is 2.17 bits per heavy atom. The Labute approximate surface area is 215 Å². The van der Waals surface area contributed by atoms with Gasteiger partial charge in [-0.25, -0.2) is 0 Å². The van der Waals surface area contributed by atoms with Gasteiger partial charge in [-0.05, 0) is 47.4 Å². The van der Waals surface area contributed by atoms with Gasteiger partial charge >= 0.3 is 0 Å². The molecule has 35 heavy (non-hydrogen) atoms. The van der Waals surface area contributed by atoms with Gasteiger partial charge in [-0.3, -0.25) is 9.59 Å². The Balaban J connectivity index is 1.86. The van der Waals surface area contributed by atoms with E-state index in [1.807, 2.05) is 72.8 Å². The Morgan fingerprint density at radius 2 is 1.54 bits per heavy atom. The van der Waals surface area contributed by atoms with Crippen LogP contribution >= 0.6 is 15.9 Å². The number of carbonyl (C=O) groups excluding carboxylic acids is 2. The normalized spacial score (nSPS) is 11.4. The molecule has 0 bridgehead atoms. The molecule has 0 spiro atoms. The largest absolute Gasteiger partial charge is 0.493 e. The molecule has 3 aromatic rings. The lowest BCUT2D eigenvalue weighted by Gasteiger charge is -2.31. The SMILES string of the molecule is CNC(=O)C(Cc1ccccc1)N(Cc1ccc(Br)cc1)C(=O)CCc1ccc(OC)c(OC)c1. The predicted octanol–water partition coefficient (Wildman–Crippen LogP) is 4.79. The van der Waals surface area contributed by atoms with Gasteiger partial charge in [-0.15, -0.1) is 0 Å². The monoisotopic (exact) mass is 538 g/mol. The van der Waals surface area contributed by atoms with Crippen molar-refractivity contribution >= 4 is 27.7 Å². The van der Waals surface area contributed by atoms with Crippen LogP contribution in [0.25, 0.3) is 0 Å². The van der Waals surface area contributed by atoms with Gasteiger partial charge in [0.05, 0.1) is 14.2 Å². The zero-order valence-corrected chi connectivity index (χ0v) is 21.9. The molecule has 0 fully saturated rings. The number of nitrogens with one attached hydrogen (secondary N) is 1. The first kappa shape index (κ1) is 26.3. The zero-order chi connectivity index (χ0) is 25.2. The lowest BCUT2D eigenvalue weighted by atomic mass is 10.0. The van der Waals surface area contributed by atoms with Crippen LogP contribution in [-0.2, 0) is 29.0 Å². The fourth-order valence-electron chi connectivity index (χ4n) is 3.94.